The Bertz CT molecular complexity index is 911. The number of fused-ring (bicyclic) bond motifs is 1. The fraction of sp³-hybridized carbons (Fsp3) is 0.720. The highest BCUT2D eigenvalue weighted by Gasteiger charge is 2.44. The maximum atomic E-state index is 13.1. The lowest BCUT2D eigenvalue weighted by atomic mass is 9.74. The van der Waals surface area contributed by atoms with Crippen LogP contribution in [0.4, 0.5) is 0 Å². The molecule has 1 aromatic rings. The molecule has 0 aromatic carbocycles. The lowest BCUT2D eigenvalue weighted by Gasteiger charge is -2.34. The zero-order valence-corrected chi connectivity index (χ0v) is 21.6. The number of thiazole rings is 1. The fourth-order valence-corrected chi connectivity index (χ4v) is 4.92. The molecule has 2 aliphatic rings. The Morgan fingerprint density at radius 2 is 1.94 bits per heavy atom. The Hall–Kier alpha value is -1.65. The van der Waals surface area contributed by atoms with Gasteiger partial charge in [-0.1, -0.05) is 20.8 Å². The largest absolute Gasteiger partial charge is 0.458 e. The van der Waals surface area contributed by atoms with E-state index >= 15 is 0 Å². The van der Waals surface area contributed by atoms with Crippen LogP contribution in [0.2, 0.25) is 0 Å². The lowest BCUT2D eigenvalue weighted by molar-refractivity contribution is -0.155. The molecule has 0 saturated carbocycles. The van der Waals surface area contributed by atoms with Crippen molar-refractivity contribution in [2.75, 3.05) is 6.61 Å². The molecule has 8 nitrogen and oxygen atoms in total. The van der Waals surface area contributed by atoms with Crippen LogP contribution in [0.5, 0.6) is 0 Å². The minimum Gasteiger partial charge on any atom is -0.458 e. The molecule has 3 rings (SSSR count). The molecular weight excluding hydrogens is 458 g/mol. The number of carbonyl (C=O) groups is 2. The van der Waals surface area contributed by atoms with Gasteiger partial charge in [0.05, 0.1) is 53.1 Å². The van der Waals surface area contributed by atoms with Crippen LogP contribution in [0.3, 0.4) is 0 Å². The Kier molecular flexibility index (Phi) is 8.68. The Balaban J connectivity index is 1.81. The normalized spacial score (nSPS) is 36.0. The van der Waals surface area contributed by atoms with Gasteiger partial charge in [-0.25, -0.2) is 4.98 Å². The van der Waals surface area contributed by atoms with Crippen LogP contribution in [0, 0.1) is 18.3 Å². The molecular formula is C25H37NO7S. The number of rotatable bonds is 2. The molecule has 0 spiro atoms. The SMILES string of the molecule is CC(=Cc1csc(C)n1)[C@H]1C[C@@H]2O[C@H]2CCO[C@H](C)[C@H](O)[C@H](C)C(=O)C(C)(C)[C@H](O)CC(=O)O1. The first-order valence-electron chi connectivity index (χ1n) is 11.9. The van der Waals surface area contributed by atoms with Gasteiger partial charge >= 0.3 is 5.97 Å². The van der Waals surface area contributed by atoms with Gasteiger partial charge in [0.15, 0.2) is 0 Å². The van der Waals surface area contributed by atoms with Gasteiger partial charge < -0.3 is 24.4 Å². The number of carbonyl (C=O) groups excluding carboxylic acids is 2. The summed E-state index contributed by atoms with van der Waals surface area (Å²) >= 11 is 1.54. The van der Waals surface area contributed by atoms with Crippen molar-refractivity contribution in [1.82, 2.24) is 4.98 Å². The number of hydrogen-bond donors (Lipinski definition) is 2. The number of nitrogens with zero attached hydrogens (tertiary/aromatic N) is 1. The van der Waals surface area contributed by atoms with Gasteiger partial charge in [0.2, 0.25) is 0 Å². The lowest BCUT2D eigenvalue weighted by Crippen LogP contribution is -2.47. The molecule has 0 aliphatic carbocycles. The molecule has 0 amide bonds. The minimum absolute atomic E-state index is 0.0173. The number of hydrogen-bond acceptors (Lipinski definition) is 9. The smallest absolute Gasteiger partial charge is 0.309 e. The van der Waals surface area contributed by atoms with E-state index in [1.807, 2.05) is 25.3 Å². The predicted molar refractivity (Wildman–Crippen MR) is 128 cm³/mol. The number of esters is 1. The second-order valence-corrected chi connectivity index (χ2v) is 11.1. The maximum Gasteiger partial charge on any atom is 0.309 e. The number of Topliss-reactive ketones (excluding diaryl/α,β-unsaturated/α-hetero) is 1. The average Bonchev–Trinajstić information content (AvgIpc) is 3.38. The van der Waals surface area contributed by atoms with Crippen LogP contribution in [0.25, 0.3) is 6.08 Å². The highest BCUT2D eigenvalue weighted by molar-refractivity contribution is 7.09. The first-order valence-corrected chi connectivity index (χ1v) is 12.8. The third-order valence-corrected chi connectivity index (χ3v) is 7.74. The number of epoxide rings is 1. The van der Waals surface area contributed by atoms with Gasteiger partial charge in [-0.3, -0.25) is 9.59 Å². The highest BCUT2D eigenvalue weighted by atomic mass is 32.1. The van der Waals surface area contributed by atoms with Crippen molar-refractivity contribution in [2.24, 2.45) is 11.3 Å². The number of ketones is 1. The van der Waals surface area contributed by atoms with Crippen molar-refractivity contribution in [2.45, 2.75) is 97.4 Å². The number of ether oxygens (including phenoxy) is 3. The number of aliphatic hydroxyl groups excluding tert-OH is 2. The van der Waals surface area contributed by atoms with E-state index in [0.29, 0.717) is 19.4 Å². The highest BCUT2D eigenvalue weighted by Crippen LogP contribution is 2.34. The van der Waals surface area contributed by atoms with Gasteiger partial charge in [0, 0.05) is 24.3 Å². The molecule has 2 fully saturated rings. The summed E-state index contributed by atoms with van der Waals surface area (Å²) in [5, 5.41) is 24.3. The van der Waals surface area contributed by atoms with Crippen LogP contribution in [-0.2, 0) is 23.8 Å². The molecule has 0 unspecified atom stereocenters. The van der Waals surface area contributed by atoms with E-state index in [1.54, 1.807) is 39.0 Å². The van der Waals surface area contributed by atoms with E-state index in [4.69, 9.17) is 14.2 Å². The van der Waals surface area contributed by atoms with Crippen molar-refractivity contribution in [3.63, 3.8) is 0 Å². The molecule has 190 valence electrons. The molecule has 1 aromatic heterocycles. The molecule has 2 N–H and O–H groups in total. The van der Waals surface area contributed by atoms with Crippen molar-refractivity contribution >= 4 is 29.2 Å². The summed E-state index contributed by atoms with van der Waals surface area (Å²) in [6, 6.07) is 0. The van der Waals surface area contributed by atoms with E-state index in [-0.39, 0.29) is 24.4 Å². The van der Waals surface area contributed by atoms with Crippen LogP contribution in [-0.4, -0.2) is 70.2 Å². The van der Waals surface area contributed by atoms with Crippen LogP contribution >= 0.6 is 11.3 Å². The van der Waals surface area contributed by atoms with Crippen LogP contribution in [0.1, 0.15) is 64.6 Å². The van der Waals surface area contributed by atoms with Crippen molar-refractivity contribution in [3.8, 4) is 0 Å². The molecule has 0 radical (unpaired) electrons. The third-order valence-electron chi connectivity index (χ3n) is 6.95. The molecule has 3 heterocycles. The fourth-order valence-electron chi connectivity index (χ4n) is 4.35. The van der Waals surface area contributed by atoms with Crippen LogP contribution < -0.4 is 0 Å². The topological polar surface area (TPSA) is 118 Å². The quantitative estimate of drug-likeness (QED) is 0.475. The van der Waals surface area contributed by atoms with Crippen LogP contribution in [0.15, 0.2) is 11.0 Å². The van der Waals surface area contributed by atoms with Gasteiger partial charge in [0.1, 0.15) is 11.9 Å². The van der Waals surface area contributed by atoms with Crippen molar-refractivity contribution in [1.29, 1.82) is 0 Å². The summed E-state index contributed by atoms with van der Waals surface area (Å²) in [4.78, 5) is 30.4. The molecule has 7 atom stereocenters. The third kappa shape index (κ3) is 6.51. The second-order valence-electron chi connectivity index (χ2n) is 10.1. The Morgan fingerprint density at radius 1 is 1.24 bits per heavy atom. The van der Waals surface area contributed by atoms with E-state index in [9.17, 15) is 19.8 Å². The summed E-state index contributed by atoms with van der Waals surface area (Å²) in [7, 11) is 0. The summed E-state index contributed by atoms with van der Waals surface area (Å²) in [5.74, 6) is -1.69. The maximum absolute atomic E-state index is 13.1. The number of cyclic esters (lactones) is 1. The van der Waals surface area contributed by atoms with Gasteiger partial charge in [-0.05, 0) is 38.8 Å². The number of aromatic nitrogens is 1. The summed E-state index contributed by atoms with van der Waals surface area (Å²) in [5.41, 5.74) is 0.387. The summed E-state index contributed by atoms with van der Waals surface area (Å²) in [6.07, 6.45) is -0.780. The zero-order chi connectivity index (χ0) is 25.2. The van der Waals surface area contributed by atoms with E-state index in [2.05, 4.69) is 4.98 Å². The first-order chi connectivity index (χ1) is 15.9. The first kappa shape index (κ1) is 26.9. The molecule has 0 bridgehead atoms. The number of aryl methyl sites for hydroxylation is 1. The Morgan fingerprint density at radius 3 is 2.59 bits per heavy atom. The summed E-state index contributed by atoms with van der Waals surface area (Å²) < 4.78 is 17.4. The van der Waals surface area contributed by atoms with E-state index < -0.39 is 41.7 Å². The van der Waals surface area contributed by atoms with Gasteiger partial charge in [0.25, 0.3) is 0 Å². The monoisotopic (exact) mass is 495 g/mol. The number of aliphatic hydroxyl groups is 2. The van der Waals surface area contributed by atoms with Gasteiger partial charge in [-0.2, -0.15) is 0 Å². The van der Waals surface area contributed by atoms with Gasteiger partial charge in [-0.15, -0.1) is 11.3 Å². The van der Waals surface area contributed by atoms with Crippen molar-refractivity contribution in [3.05, 3.63) is 21.7 Å². The Labute approximate surface area is 205 Å². The average molecular weight is 496 g/mol. The molecule has 2 aliphatic heterocycles. The minimum atomic E-state index is -1.26. The summed E-state index contributed by atoms with van der Waals surface area (Å²) in [6.45, 7) is 10.7. The van der Waals surface area contributed by atoms with E-state index in [1.165, 1.54) is 0 Å². The zero-order valence-electron chi connectivity index (χ0n) is 20.8. The predicted octanol–water partition coefficient (Wildman–Crippen LogP) is 3.08. The second kappa shape index (κ2) is 11.0. The molecule has 2 saturated heterocycles. The van der Waals surface area contributed by atoms with Crippen molar-refractivity contribution < 1.29 is 34.0 Å². The van der Waals surface area contributed by atoms with E-state index in [0.717, 1.165) is 16.3 Å². The molecule has 9 heteroatoms. The molecule has 34 heavy (non-hydrogen) atoms. The standard InChI is InChI=1S/C25H37NO7S/c1-13(9-17-12-34-16(4)26-17)19-10-20-18(32-20)7-8-31-15(3)23(29)14(2)24(30)25(5,6)21(27)11-22(28)33-19/h9,12,14-15,18-21,23,27,29H,7-8,10-11H2,1-6H3/t14-,15+,18-,19+,20-,21+,23+/m0/s1.